The number of carbonyl (C=O) groups excluding carboxylic acids is 1. The van der Waals surface area contributed by atoms with Crippen LogP contribution in [0, 0.1) is 0 Å². The fraction of sp³-hybridized carbons (Fsp3) is 0.300. The minimum absolute atomic E-state index is 0.241. The number of ether oxygens (including phenoxy) is 2. The molecule has 0 spiro atoms. The van der Waals surface area contributed by atoms with Gasteiger partial charge in [0.25, 0.3) is 5.91 Å². The molecule has 4 rings (SSSR count). The predicted molar refractivity (Wildman–Crippen MR) is 109 cm³/mol. The van der Waals surface area contributed by atoms with Crippen molar-refractivity contribution in [1.82, 2.24) is 4.98 Å². The van der Waals surface area contributed by atoms with Crippen LogP contribution in [0.25, 0.3) is 10.2 Å². The fourth-order valence-corrected chi connectivity index (χ4v) is 4.28. The average Bonchev–Trinajstić information content (AvgIpc) is 3.36. The predicted octanol–water partition coefficient (Wildman–Crippen LogP) is 4.17. The first-order valence-electron chi connectivity index (χ1n) is 8.87. The number of thiazole rings is 1. The van der Waals surface area contributed by atoms with Crippen LogP contribution in [0.3, 0.4) is 0 Å². The third kappa shape index (κ3) is 3.55. The molecular weight excluding hydrogens is 362 g/mol. The molecule has 1 aromatic heterocycles. The Balaban J connectivity index is 1.58. The normalized spacial score (nSPS) is 13.8. The molecule has 1 saturated heterocycles. The number of benzene rings is 2. The molecule has 1 aliphatic heterocycles. The van der Waals surface area contributed by atoms with Gasteiger partial charge < -0.3 is 19.7 Å². The van der Waals surface area contributed by atoms with Gasteiger partial charge in [-0.2, -0.15) is 0 Å². The van der Waals surface area contributed by atoms with E-state index in [4.69, 9.17) is 14.5 Å². The number of methoxy groups -OCH3 is 2. The van der Waals surface area contributed by atoms with Crippen LogP contribution in [0.2, 0.25) is 0 Å². The smallest absolute Gasteiger partial charge is 0.259 e. The minimum Gasteiger partial charge on any atom is -0.497 e. The summed E-state index contributed by atoms with van der Waals surface area (Å²) >= 11 is 1.66. The molecule has 2 heterocycles. The van der Waals surface area contributed by atoms with Crippen molar-refractivity contribution < 1.29 is 14.3 Å². The maximum Gasteiger partial charge on any atom is 0.259 e. The molecule has 0 aliphatic carbocycles. The molecule has 0 atom stereocenters. The zero-order chi connectivity index (χ0) is 18.8. The van der Waals surface area contributed by atoms with Gasteiger partial charge in [0, 0.05) is 18.8 Å². The topological polar surface area (TPSA) is 63.7 Å². The monoisotopic (exact) mass is 383 g/mol. The highest BCUT2D eigenvalue weighted by atomic mass is 32.1. The van der Waals surface area contributed by atoms with Crippen molar-refractivity contribution in [3.8, 4) is 11.5 Å². The molecule has 7 heteroatoms. The SMILES string of the molecule is COc1ccc(OC)c(C(=O)Nc2ccc3nc(N4CCCC4)sc3c2)c1. The Kier molecular flexibility index (Phi) is 4.85. The number of nitrogens with zero attached hydrogens (tertiary/aromatic N) is 2. The lowest BCUT2D eigenvalue weighted by molar-refractivity contribution is 0.102. The lowest BCUT2D eigenvalue weighted by atomic mass is 10.1. The average molecular weight is 383 g/mol. The first-order valence-corrected chi connectivity index (χ1v) is 9.68. The number of anilines is 2. The molecule has 140 valence electrons. The number of carbonyl (C=O) groups is 1. The first-order chi connectivity index (χ1) is 13.2. The summed E-state index contributed by atoms with van der Waals surface area (Å²) in [4.78, 5) is 19.8. The summed E-state index contributed by atoms with van der Waals surface area (Å²) in [7, 11) is 3.11. The molecule has 0 unspecified atom stereocenters. The number of hydrogen-bond acceptors (Lipinski definition) is 6. The van der Waals surface area contributed by atoms with Crippen LogP contribution in [0.5, 0.6) is 11.5 Å². The van der Waals surface area contributed by atoms with E-state index in [0.29, 0.717) is 17.1 Å². The van der Waals surface area contributed by atoms with Crippen molar-refractivity contribution in [2.75, 3.05) is 37.5 Å². The molecule has 1 aliphatic rings. The van der Waals surface area contributed by atoms with Gasteiger partial charge in [-0.05, 0) is 49.2 Å². The highest BCUT2D eigenvalue weighted by Crippen LogP contribution is 2.33. The highest BCUT2D eigenvalue weighted by Gasteiger charge is 2.17. The van der Waals surface area contributed by atoms with E-state index in [2.05, 4.69) is 10.2 Å². The lowest BCUT2D eigenvalue weighted by Gasteiger charge is -2.11. The van der Waals surface area contributed by atoms with Gasteiger partial charge in [-0.25, -0.2) is 4.98 Å². The quantitative estimate of drug-likeness (QED) is 0.717. The second-order valence-electron chi connectivity index (χ2n) is 6.39. The first kappa shape index (κ1) is 17.6. The van der Waals surface area contributed by atoms with Crippen LogP contribution < -0.4 is 19.7 Å². The van der Waals surface area contributed by atoms with E-state index >= 15 is 0 Å². The Morgan fingerprint density at radius 2 is 1.93 bits per heavy atom. The van der Waals surface area contributed by atoms with Crippen LogP contribution in [-0.4, -0.2) is 38.2 Å². The van der Waals surface area contributed by atoms with Crippen LogP contribution in [0.1, 0.15) is 23.2 Å². The van der Waals surface area contributed by atoms with Gasteiger partial charge in [-0.15, -0.1) is 0 Å². The number of fused-ring (bicyclic) bond motifs is 1. The largest absolute Gasteiger partial charge is 0.497 e. The zero-order valence-electron chi connectivity index (χ0n) is 15.3. The van der Waals surface area contributed by atoms with Gasteiger partial charge in [0.2, 0.25) is 0 Å². The maximum atomic E-state index is 12.7. The van der Waals surface area contributed by atoms with Gasteiger partial charge >= 0.3 is 0 Å². The van der Waals surface area contributed by atoms with Crippen molar-refractivity contribution in [2.45, 2.75) is 12.8 Å². The van der Waals surface area contributed by atoms with Gasteiger partial charge in [0.05, 0.1) is 30.0 Å². The Labute approximate surface area is 161 Å². The van der Waals surface area contributed by atoms with Crippen LogP contribution in [0.15, 0.2) is 36.4 Å². The summed E-state index contributed by atoms with van der Waals surface area (Å²) in [6.07, 6.45) is 2.44. The molecule has 0 saturated carbocycles. The molecule has 1 amide bonds. The van der Waals surface area contributed by atoms with Crippen molar-refractivity contribution >= 4 is 38.3 Å². The second-order valence-corrected chi connectivity index (χ2v) is 7.40. The van der Waals surface area contributed by atoms with Crippen molar-refractivity contribution in [3.63, 3.8) is 0 Å². The molecule has 27 heavy (non-hydrogen) atoms. The van der Waals surface area contributed by atoms with Crippen molar-refractivity contribution in [1.29, 1.82) is 0 Å². The summed E-state index contributed by atoms with van der Waals surface area (Å²) in [5, 5.41) is 4.00. The van der Waals surface area contributed by atoms with E-state index < -0.39 is 0 Å². The summed E-state index contributed by atoms with van der Waals surface area (Å²) in [5.41, 5.74) is 2.12. The number of hydrogen-bond donors (Lipinski definition) is 1. The van der Waals surface area contributed by atoms with Crippen molar-refractivity contribution in [2.24, 2.45) is 0 Å². The van der Waals surface area contributed by atoms with Gasteiger partial charge in [0.15, 0.2) is 5.13 Å². The number of amides is 1. The second kappa shape index (κ2) is 7.44. The third-order valence-corrected chi connectivity index (χ3v) is 5.74. The van der Waals surface area contributed by atoms with Crippen molar-refractivity contribution in [3.05, 3.63) is 42.0 Å². The van der Waals surface area contributed by atoms with E-state index in [-0.39, 0.29) is 5.91 Å². The minimum atomic E-state index is -0.241. The van der Waals surface area contributed by atoms with E-state index in [9.17, 15) is 4.79 Å². The lowest BCUT2D eigenvalue weighted by Crippen LogP contribution is -2.16. The van der Waals surface area contributed by atoms with Crippen LogP contribution in [-0.2, 0) is 0 Å². The van der Waals surface area contributed by atoms with Crippen LogP contribution >= 0.6 is 11.3 Å². The van der Waals surface area contributed by atoms with Gasteiger partial charge in [-0.1, -0.05) is 11.3 Å². The Morgan fingerprint density at radius 3 is 2.67 bits per heavy atom. The summed E-state index contributed by atoms with van der Waals surface area (Å²) in [6.45, 7) is 2.14. The fourth-order valence-electron chi connectivity index (χ4n) is 3.22. The standard InChI is InChI=1S/C20H21N3O3S/c1-25-14-6-8-17(26-2)15(12-14)19(24)21-13-5-7-16-18(11-13)27-20(22-16)23-9-3-4-10-23/h5-8,11-12H,3-4,9-10H2,1-2H3,(H,21,24). The number of rotatable bonds is 5. The molecule has 2 aromatic carbocycles. The maximum absolute atomic E-state index is 12.7. The van der Waals surface area contributed by atoms with Gasteiger partial charge in [0.1, 0.15) is 11.5 Å². The van der Waals surface area contributed by atoms with Crippen LogP contribution in [0.4, 0.5) is 10.8 Å². The molecule has 0 radical (unpaired) electrons. The zero-order valence-corrected chi connectivity index (χ0v) is 16.1. The number of aromatic nitrogens is 1. The number of nitrogens with one attached hydrogen (secondary N) is 1. The molecule has 1 N–H and O–H groups in total. The van der Waals surface area contributed by atoms with E-state index in [1.165, 1.54) is 12.8 Å². The molecular formula is C20H21N3O3S. The molecule has 1 fully saturated rings. The van der Waals surface area contributed by atoms with E-state index in [0.717, 1.165) is 34.1 Å². The molecule has 6 nitrogen and oxygen atoms in total. The third-order valence-electron chi connectivity index (χ3n) is 4.66. The Bertz CT molecular complexity index is 980. The highest BCUT2D eigenvalue weighted by molar-refractivity contribution is 7.22. The van der Waals surface area contributed by atoms with E-state index in [1.807, 2.05) is 18.2 Å². The van der Waals surface area contributed by atoms with E-state index in [1.54, 1.807) is 43.8 Å². The molecule has 3 aromatic rings. The summed E-state index contributed by atoms with van der Waals surface area (Å²) < 4.78 is 11.6. The van der Waals surface area contributed by atoms with Gasteiger partial charge in [-0.3, -0.25) is 4.79 Å². The summed E-state index contributed by atoms with van der Waals surface area (Å²) in [6, 6.07) is 11.0. The summed E-state index contributed by atoms with van der Waals surface area (Å²) in [5.74, 6) is 0.868. The Hall–Kier alpha value is -2.80. The Morgan fingerprint density at radius 1 is 1.11 bits per heavy atom. The molecule has 0 bridgehead atoms.